The molecule has 0 saturated carbocycles. The third-order valence-electron chi connectivity index (χ3n) is 6.21. The van der Waals surface area contributed by atoms with E-state index in [1.54, 1.807) is 26.4 Å². The first kappa shape index (κ1) is 26.4. The number of para-hydroxylation sites is 1. The minimum absolute atomic E-state index is 0.300. The van der Waals surface area contributed by atoms with Crippen LogP contribution in [0.1, 0.15) is 20.7 Å². The molecular formula is C30H23BrN2O5S. The van der Waals surface area contributed by atoms with E-state index in [-0.39, 0.29) is 5.91 Å². The van der Waals surface area contributed by atoms with Crippen molar-refractivity contribution in [3.8, 4) is 33.9 Å². The molecular weight excluding hydrogens is 580 g/mol. The number of nitrogens with zero attached hydrogens (tertiary/aromatic N) is 1. The highest BCUT2D eigenvalue weighted by Crippen LogP contribution is 2.38. The third kappa shape index (κ3) is 5.23. The number of ether oxygens (including phenoxy) is 3. The molecule has 1 amide bonds. The van der Waals surface area contributed by atoms with Gasteiger partial charge >= 0.3 is 5.97 Å². The van der Waals surface area contributed by atoms with E-state index in [9.17, 15) is 9.59 Å². The number of hydrogen-bond donors (Lipinski definition) is 1. The summed E-state index contributed by atoms with van der Waals surface area (Å²) in [5.41, 5.74) is 4.14. The average Bonchev–Trinajstić information content (AvgIpc) is 3.39. The predicted octanol–water partition coefficient (Wildman–Crippen LogP) is 7.45. The summed E-state index contributed by atoms with van der Waals surface area (Å²) in [5, 5.41) is 5.86. The normalized spacial score (nSPS) is 10.8. The van der Waals surface area contributed by atoms with Crippen LogP contribution in [-0.2, 0) is 4.74 Å². The largest absolute Gasteiger partial charge is 0.497 e. The fourth-order valence-electron chi connectivity index (χ4n) is 4.28. The molecule has 7 nitrogen and oxygen atoms in total. The summed E-state index contributed by atoms with van der Waals surface area (Å²) in [7, 11) is 4.48. The number of halogens is 1. The van der Waals surface area contributed by atoms with Gasteiger partial charge in [0.25, 0.3) is 5.91 Å². The van der Waals surface area contributed by atoms with Crippen molar-refractivity contribution >= 4 is 55.0 Å². The topological polar surface area (TPSA) is 86.8 Å². The maximum Gasteiger partial charge on any atom is 0.341 e. The molecule has 2 heterocycles. The van der Waals surface area contributed by atoms with Gasteiger partial charge in [0.15, 0.2) is 0 Å². The van der Waals surface area contributed by atoms with Crippen LogP contribution in [0.5, 0.6) is 11.5 Å². The highest BCUT2D eigenvalue weighted by molar-refractivity contribution is 9.10. The van der Waals surface area contributed by atoms with E-state index in [1.807, 2.05) is 66.0 Å². The summed E-state index contributed by atoms with van der Waals surface area (Å²) in [6, 6.07) is 22.1. The number of benzene rings is 3. The van der Waals surface area contributed by atoms with Crippen LogP contribution in [0.4, 0.5) is 5.00 Å². The molecule has 0 spiro atoms. The highest BCUT2D eigenvalue weighted by atomic mass is 79.9. The van der Waals surface area contributed by atoms with Gasteiger partial charge in [-0.1, -0.05) is 46.3 Å². The second kappa shape index (κ2) is 11.3. The molecule has 3 aromatic carbocycles. The van der Waals surface area contributed by atoms with Crippen LogP contribution in [0.2, 0.25) is 0 Å². The first-order chi connectivity index (χ1) is 18.9. The molecule has 2 aromatic heterocycles. The lowest BCUT2D eigenvalue weighted by molar-refractivity contribution is 0.0603. The van der Waals surface area contributed by atoms with Gasteiger partial charge in [-0.15, -0.1) is 11.3 Å². The van der Waals surface area contributed by atoms with Crippen molar-refractivity contribution in [2.45, 2.75) is 0 Å². The highest BCUT2D eigenvalue weighted by Gasteiger charge is 2.24. The second-order valence-electron chi connectivity index (χ2n) is 8.44. The maximum absolute atomic E-state index is 13.8. The molecule has 0 radical (unpaired) electrons. The molecule has 1 N–H and O–H groups in total. The summed E-state index contributed by atoms with van der Waals surface area (Å²) in [5.74, 6) is 0.294. The van der Waals surface area contributed by atoms with Crippen LogP contribution in [0.3, 0.4) is 0 Å². The SMILES string of the molecule is COC(=O)c1c(-c2ccc(Br)cc2)csc1NC(=O)c1cc(-c2ccc(OC)cc2OC)nc2ccccc12. The molecule has 5 aromatic rings. The van der Waals surface area contributed by atoms with E-state index in [1.165, 1.54) is 18.4 Å². The number of methoxy groups -OCH3 is 3. The zero-order chi connectivity index (χ0) is 27.5. The van der Waals surface area contributed by atoms with Crippen LogP contribution in [0.15, 0.2) is 82.6 Å². The number of fused-ring (bicyclic) bond motifs is 1. The maximum atomic E-state index is 13.8. The summed E-state index contributed by atoms with van der Waals surface area (Å²) < 4.78 is 16.9. The van der Waals surface area contributed by atoms with Gasteiger partial charge in [-0.3, -0.25) is 4.79 Å². The second-order valence-corrected chi connectivity index (χ2v) is 10.2. The quantitative estimate of drug-likeness (QED) is 0.195. The summed E-state index contributed by atoms with van der Waals surface area (Å²) in [6.07, 6.45) is 0. The molecule has 0 atom stereocenters. The van der Waals surface area contributed by atoms with Gasteiger partial charge in [0.05, 0.1) is 38.1 Å². The number of rotatable bonds is 7. The van der Waals surface area contributed by atoms with Gasteiger partial charge in [0, 0.05) is 32.4 Å². The van der Waals surface area contributed by atoms with Crippen molar-refractivity contribution in [3.05, 3.63) is 93.8 Å². The van der Waals surface area contributed by atoms with E-state index in [0.717, 1.165) is 10.0 Å². The van der Waals surface area contributed by atoms with Crippen molar-refractivity contribution in [1.29, 1.82) is 0 Å². The lowest BCUT2D eigenvalue weighted by atomic mass is 10.0. The minimum atomic E-state index is -0.535. The number of thiophene rings is 1. The van der Waals surface area contributed by atoms with Gasteiger partial charge in [0.1, 0.15) is 22.1 Å². The lowest BCUT2D eigenvalue weighted by Crippen LogP contribution is -2.15. The fraction of sp³-hybridized carbons (Fsp3) is 0.100. The zero-order valence-electron chi connectivity index (χ0n) is 21.3. The first-order valence-electron chi connectivity index (χ1n) is 11.8. The Bertz CT molecular complexity index is 1700. The average molecular weight is 603 g/mol. The van der Waals surface area contributed by atoms with Gasteiger partial charge in [-0.25, -0.2) is 9.78 Å². The summed E-state index contributed by atoms with van der Waals surface area (Å²) in [4.78, 5) is 31.4. The molecule has 0 saturated heterocycles. The number of nitrogens with one attached hydrogen (secondary N) is 1. The number of amides is 1. The Morgan fingerprint density at radius 3 is 2.38 bits per heavy atom. The Hall–Kier alpha value is -4.21. The van der Waals surface area contributed by atoms with Crippen molar-refractivity contribution < 1.29 is 23.8 Å². The van der Waals surface area contributed by atoms with Crippen molar-refractivity contribution in [1.82, 2.24) is 4.98 Å². The number of pyridine rings is 1. The van der Waals surface area contributed by atoms with E-state index in [0.29, 0.717) is 55.4 Å². The van der Waals surface area contributed by atoms with Gasteiger partial charge in [-0.05, 0) is 42.0 Å². The van der Waals surface area contributed by atoms with Crippen molar-refractivity contribution in [2.24, 2.45) is 0 Å². The molecule has 196 valence electrons. The van der Waals surface area contributed by atoms with Gasteiger partial charge in [-0.2, -0.15) is 0 Å². The number of carbonyl (C=O) groups is 2. The number of carbonyl (C=O) groups excluding carboxylic acids is 2. The molecule has 0 fully saturated rings. The van der Waals surface area contributed by atoms with Crippen LogP contribution < -0.4 is 14.8 Å². The van der Waals surface area contributed by atoms with Crippen LogP contribution in [-0.4, -0.2) is 38.2 Å². The summed E-state index contributed by atoms with van der Waals surface area (Å²) >= 11 is 4.70. The molecule has 0 aliphatic heterocycles. The number of aromatic nitrogens is 1. The van der Waals surface area contributed by atoms with E-state index in [4.69, 9.17) is 19.2 Å². The fourth-order valence-corrected chi connectivity index (χ4v) is 5.50. The Balaban J connectivity index is 1.59. The Kier molecular flexibility index (Phi) is 7.63. The van der Waals surface area contributed by atoms with Gasteiger partial charge in [0.2, 0.25) is 0 Å². The molecule has 0 aliphatic rings. The molecule has 0 bridgehead atoms. The Morgan fingerprint density at radius 2 is 1.67 bits per heavy atom. The summed E-state index contributed by atoms with van der Waals surface area (Å²) in [6.45, 7) is 0. The van der Waals surface area contributed by atoms with Crippen LogP contribution >= 0.6 is 27.3 Å². The lowest BCUT2D eigenvalue weighted by Gasteiger charge is -2.13. The first-order valence-corrected chi connectivity index (χ1v) is 13.5. The third-order valence-corrected chi connectivity index (χ3v) is 7.63. The van der Waals surface area contributed by atoms with E-state index < -0.39 is 5.97 Å². The molecule has 39 heavy (non-hydrogen) atoms. The van der Waals surface area contributed by atoms with Crippen LogP contribution in [0, 0.1) is 0 Å². The number of hydrogen-bond acceptors (Lipinski definition) is 7. The zero-order valence-corrected chi connectivity index (χ0v) is 23.7. The smallest absolute Gasteiger partial charge is 0.341 e. The van der Waals surface area contributed by atoms with Crippen molar-refractivity contribution in [3.63, 3.8) is 0 Å². The van der Waals surface area contributed by atoms with E-state index >= 15 is 0 Å². The minimum Gasteiger partial charge on any atom is -0.497 e. The standard InChI is InChI=1S/C30H23BrN2O5S/c1-36-19-12-13-21(26(14-19)37-2)25-15-22(20-6-4-5-7-24(20)32-25)28(34)33-29-27(30(35)38-3)23(16-39-29)17-8-10-18(31)11-9-17/h4-16H,1-3H3,(H,33,34). The molecule has 5 rings (SSSR count). The number of esters is 1. The van der Waals surface area contributed by atoms with Gasteiger partial charge < -0.3 is 19.5 Å². The Labute approximate surface area is 237 Å². The molecule has 9 heteroatoms. The van der Waals surface area contributed by atoms with Crippen molar-refractivity contribution in [2.75, 3.05) is 26.6 Å². The Morgan fingerprint density at radius 1 is 0.897 bits per heavy atom. The predicted molar refractivity (Wildman–Crippen MR) is 157 cm³/mol. The molecule has 0 unspecified atom stereocenters. The van der Waals surface area contributed by atoms with Crippen LogP contribution in [0.25, 0.3) is 33.3 Å². The van der Waals surface area contributed by atoms with E-state index in [2.05, 4.69) is 21.2 Å². The molecule has 0 aliphatic carbocycles. The number of anilines is 1. The monoisotopic (exact) mass is 602 g/mol.